The summed E-state index contributed by atoms with van der Waals surface area (Å²) in [5.74, 6) is -1.09. The van der Waals surface area contributed by atoms with E-state index in [9.17, 15) is 24.1 Å². The molecule has 0 radical (unpaired) electrons. The number of hydrazone groups is 1. The van der Waals surface area contributed by atoms with Gasteiger partial charge >= 0.3 is 0 Å². The van der Waals surface area contributed by atoms with E-state index in [1.807, 2.05) is 0 Å². The summed E-state index contributed by atoms with van der Waals surface area (Å²) in [4.78, 5) is 35.2. The number of carbonyl (C=O) groups excluding carboxylic acids is 2. The fraction of sp³-hybridized carbons (Fsp3) is 0.0870. The van der Waals surface area contributed by atoms with E-state index in [2.05, 4.69) is 15.8 Å². The summed E-state index contributed by atoms with van der Waals surface area (Å²) in [6.07, 6.45) is 1.25. The van der Waals surface area contributed by atoms with E-state index < -0.39 is 22.6 Å². The highest BCUT2D eigenvalue weighted by atomic mass is 19.1. The lowest BCUT2D eigenvalue weighted by molar-refractivity contribution is -0.384. The first-order chi connectivity index (χ1) is 15.9. The van der Waals surface area contributed by atoms with E-state index in [-0.39, 0.29) is 16.8 Å². The quantitative estimate of drug-likeness (QED) is 0.303. The molecule has 0 bridgehead atoms. The Morgan fingerprint density at radius 3 is 2.52 bits per heavy atom. The Bertz CT molecular complexity index is 1210. The van der Waals surface area contributed by atoms with Crippen molar-refractivity contribution >= 4 is 29.4 Å². The number of carbonyl (C=O) groups is 2. The van der Waals surface area contributed by atoms with E-state index >= 15 is 0 Å². The number of amides is 2. The molecule has 33 heavy (non-hydrogen) atoms. The van der Waals surface area contributed by atoms with Crippen LogP contribution >= 0.6 is 0 Å². The number of hydrogen-bond acceptors (Lipinski definition) is 6. The van der Waals surface area contributed by atoms with Crippen molar-refractivity contribution in [1.29, 1.82) is 0 Å². The first-order valence-electron chi connectivity index (χ1n) is 9.79. The first kappa shape index (κ1) is 23.1. The van der Waals surface area contributed by atoms with Gasteiger partial charge < -0.3 is 10.1 Å². The Kier molecular flexibility index (Phi) is 7.43. The molecule has 9 nitrogen and oxygen atoms in total. The minimum atomic E-state index is -0.562. The SMILES string of the molecule is CCOc1ccc([N+](=O)[O-])cc1/C=N\NC(=O)c1cccc(NC(=O)c2ccc(F)cc2)c1. The molecule has 3 aromatic carbocycles. The maximum atomic E-state index is 13.0. The van der Waals surface area contributed by atoms with E-state index in [4.69, 9.17) is 4.74 Å². The van der Waals surface area contributed by atoms with Gasteiger partial charge in [-0.3, -0.25) is 19.7 Å². The fourth-order valence-electron chi connectivity index (χ4n) is 2.80. The van der Waals surface area contributed by atoms with Crippen LogP contribution in [0.3, 0.4) is 0 Å². The second-order valence-electron chi connectivity index (χ2n) is 6.65. The average Bonchev–Trinajstić information content (AvgIpc) is 2.80. The van der Waals surface area contributed by atoms with Crippen molar-refractivity contribution in [3.63, 3.8) is 0 Å². The second-order valence-corrected chi connectivity index (χ2v) is 6.65. The minimum absolute atomic E-state index is 0.143. The smallest absolute Gasteiger partial charge is 0.271 e. The molecule has 3 rings (SSSR count). The fourth-order valence-corrected chi connectivity index (χ4v) is 2.80. The highest BCUT2D eigenvalue weighted by Gasteiger charge is 2.12. The topological polar surface area (TPSA) is 123 Å². The second kappa shape index (κ2) is 10.6. The molecule has 0 atom stereocenters. The summed E-state index contributed by atoms with van der Waals surface area (Å²) in [6.45, 7) is 2.12. The van der Waals surface area contributed by atoms with Crippen molar-refractivity contribution in [1.82, 2.24) is 5.43 Å². The molecule has 0 saturated carbocycles. The number of nitrogens with one attached hydrogen (secondary N) is 2. The van der Waals surface area contributed by atoms with E-state index in [1.165, 1.54) is 60.8 Å². The summed E-state index contributed by atoms with van der Waals surface area (Å²) in [7, 11) is 0. The number of nitrogens with zero attached hydrogens (tertiary/aromatic N) is 2. The Balaban J connectivity index is 1.69. The zero-order valence-corrected chi connectivity index (χ0v) is 17.4. The number of halogens is 1. The predicted octanol–water partition coefficient (Wildman–Crippen LogP) is 4.15. The van der Waals surface area contributed by atoms with Crippen molar-refractivity contribution in [2.75, 3.05) is 11.9 Å². The zero-order chi connectivity index (χ0) is 23.8. The molecule has 0 aromatic heterocycles. The van der Waals surface area contributed by atoms with Crippen molar-refractivity contribution in [2.24, 2.45) is 5.10 Å². The molecule has 168 valence electrons. The van der Waals surface area contributed by atoms with Gasteiger partial charge in [0.1, 0.15) is 11.6 Å². The molecular weight excluding hydrogens is 431 g/mol. The summed E-state index contributed by atoms with van der Waals surface area (Å²) in [6, 6.07) is 15.2. The minimum Gasteiger partial charge on any atom is -0.493 e. The molecule has 0 unspecified atom stereocenters. The summed E-state index contributed by atoms with van der Waals surface area (Å²) in [5.41, 5.74) is 3.35. The third-order valence-corrected chi connectivity index (χ3v) is 4.36. The molecule has 0 fully saturated rings. The third-order valence-electron chi connectivity index (χ3n) is 4.36. The van der Waals surface area contributed by atoms with Crippen LogP contribution < -0.4 is 15.5 Å². The standard InChI is InChI=1S/C23H19FN4O5/c1-2-33-21-11-10-20(28(31)32)13-17(21)14-25-27-23(30)16-4-3-5-19(12-16)26-22(29)15-6-8-18(24)9-7-15/h3-14H,2H2,1H3,(H,26,29)(H,27,30)/b25-14-. The third kappa shape index (κ3) is 6.20. The van der Waals surface area contributed by atoms with Crippen molar-refractivity contribution in [3.8, 4) is 5.75 Å². The molecule has 0 saturated heterocycles. The van der Waals surface area contributed by atoms with Gasteiger partial charge in [0.15, 0.2) is 0 Å². The van der Waals surface area contributed by atoms with E-state index in [1.54, 1.807) is 19.1 Å². The van der Waals surface area contributed by atoms with Crippen LogP contribution in [0.2, 0.25) is 0 Å². The number of nitro groups is 1. The lowest BCUT2D eigenvalue weighted by Gasteiger charge is -2.08. The number of ether oxygens (including phenoxy) is 1. The number of benzene rings is 3. The summed E-state index contributed by atoms with van der Waals surface area (Å²) >= 11 is 0. The molecule has 0 aliphatic carbocycles. The molecule has 3 aromatic rings. The maximum absolute atomic E-state index is 13.0. The highest BCUT2D eigenvalue weighted by Crippen LogP contribution is 2.23. The molecule has 2 amide bonds. The highest BCUT2D eigenvalue weighted by molar-refractivity contribution is 6.05. The van der Waals surface area contributed by atoms with Gasteiger partial charge in [-0.25, -0.2) is 9.82 Å². The lowest BCUT2D eigenvalue weighted by Crippen LogP contribution is -2.18. The molecular formula is C23H19FN4O5. The van der Waals surface area contributed by atoms with Gasteiger partial charge in [-0.1, -0.05) is 6.07 Å². The zero-order valence-electron chi connectivity index (χ0n) is 17.4. The summed E-state index contributed by atoms with van der Waals surface area (Å²) < 4.78 is 18.4. The number of non-ortho nitro benzene ring substituents is 1. The average molecular weight is 450 g/mol. The van der Waals surface area contributed by atoms with Gasteiger partial charge in [0.2, 0.25) is 0 Å². The molecule has 0 spiro atoms. The summed E-state index contributed by atoms with van der Waals surface area (Å²) in [5, 5.41) is 17.5. The Morgan fingerprint density at radius 2 is 1.82 bits per heavy atom. The van der Waals surface area contributed by atoms with Gasteiger partial charge in [-0.15, -0.1) is 0 Å². The van der Waals surface area contributed by atoms with Gasteiger partial charge in [-0.2, -0.15) is 5.10 Å². The first-order valence-corrected chi connectivity index (χ1v) is 9.79. The number of hydrogen-bond donors (Lipinski definition) is 2. The van der Waals surface area contributed by atoms with Crippen LogP contribution in [0.25, 0.3) is 0 Å². The number of rotatable bonds is 8. The number of anilines is 1. The molecule has 0 aliphatic rings. The number of nitro benzene ring substituents is 1. The molecule has 10 heteroatoms. The molecule has 0 aliphatic heterocycles. The van der Waals surface area contributed by atoms with Gasteiger partial charge in [0.05, 0.1) is 17.7 Å². The Morgan fingerprint density at radius 1 is 1.06 bits per heavy atom. The van der Waals surface area contributed by atoms with E-state index in [0.29, 0.717) is 23.6 Å². The van der Waals surface area contributed by atoms with Crippen LogP contribution in [0.5, 0.6) is 5.75 Å². The lowest BCUT2D eigenvalue weighted by atomic mass is 10.1. The maximum Gasteiger partial charge on any atom is 0.271 e. The monoisotopic (exact) mass is 450 g/mol. The van der Waals surface area contributed by atoms with Crippen molar-refractivity contribution in [2.45, 2.75) is 6.92 Å². The van der Waals surface area contributed by atoms with Crippen LogP contribution in [0.1, 0.15) is 33.2 Å². The Hall–Kier alpha value is -4.60. The predicted molar refractivity (Wildman–Crippen MR) is 120 cm³/mol. The van der Waals surface area contributed by atoms with Crippen molar-refractivity contribution in [3.05, 3.63) is 99.4 Å². The van der Waals surface area contributed by atoms with Crippen LogP contribution in [0, 0.1) is 15.9 Å². The van der Waals surface area contributed by atoms with Crippen molar-refractivity contribution < 1.29 is 23.6 Å². The molecule has 0 heterocycles. The Labute approximate surface area is 188 Å². The normalized spacial score (nSPS) is 10.6. The van der Waals surface area contributed by atoms with Gasteiger partial charge in [-0.05, 0) is 55.5 Å². The van der Waals surface area contributed by atoms with Gasteiger partial charge in [0, 0.05) is 34.5 Å². The van der Waals surface area contributed by atoms with E-state index in [0.717, 1.165) is 0 Å². The van der Waals surface area contributed by atoms with Crippen LogP contribution in [-0.2, 0) is 0 Å². The largest absolute Gasteiger partial charge is 0.493 e. The van der Waals surface area contributed by atoms with Crippen LogP contribution in [0.4, 0.5) is 15.8 Å². The van der Waals surface area contributed by atoms with Gasteiger partial charge in [0.25, 0.3) is 17.5 Å². The van der Waals surface area contributed by atoms with Crippen LogP contribution in [-0.4, -0.2) is 29.6 Å². The van der Waals surface area contributed by atoms with Crippen LogP contribution in [0.15, 0.2) is 71.8 Å². The molecule has 2 N–H and O–H groups in total.